The van der Waals surface area contributed by atoms with Crippen molar-refractivity contribution in [3.05, 3.63) is 62.8 Å². The smallest absolute Gasteiger partial charge is 0.295 e. The van der Waals surface area contributed by atoms with Crippen molar-refractivity contribution in [3.63, 3.8) is 0 Å². The summed E-state index contributed by atoms with van der Waals surface area (Å²) in [7, 11) is 1.62. The van der Waals surface area contributed by atoms with E-state index in [0.717, 1.165) is 17.0 Å². The monoisotopic (exact) mass is 334 g/mol. The second-order valence-electron chi connectivity index (χ2n) is 4.89. The average Bonchev–Trinajstić information content (AvgIpc) is 2.85. The summed E-state index contributed by atoms with van der Waals surface area (Å²) in [6.07, 6.45) is 1.46. The maximum absolute atomic E-state index is 12.3. The molecule has 0 atom stereocenters. The summed E-state index contributed by atoms with van der Waals surface area (Å²) in [5.74, 6) is 0.160. The summed E-state index contributed by atoms with van der Waals surface area (Å²) in [5.41, 5.74) is 2.13. The first-order valence-corrected chi connectivity index (χ1v) is 7.27. The molecule has 5 nitrogen and oxygen atoms in total. The molecule has 0 saturated heterocycles. The van der Waals surface area contributed by atoms with Gasteiger partial charge in [-0.2, -0.15) is 5.10 Å². The fourth-order valence-electron chi connectivity index (χ4n) is 2.18. The zero-order valence-corrected chi connectivity index (χ0v) is 13.4. The Bertz CT molecular complexity index is 897. The molecule has 112 valence electrons. The zero-order valence-electron chi connectivity index (χ0n) is 11.9. The van der Waals surface area contributed by atoms with Crippen LogP contribution in [0.3, 0.4) is 0 Å². The van der Waals surface area contributed by atoms with E-state index in [-0.39, 0.29) is 16.5 Å². The van der Waals surface area contributed by atoms with Crippen LogP contribution < -0.4 is 5.56 Å². The fourth-order valence-corrected chi connectivity index (χ4v) is 2.53. The van der Waals surface area contributed by atoms with Gasteiger partial charge in [0, 0.05) is 23.8 Å². The van der Waals surface area contributed by atoms with E-state index < -0.39 is 0 Å². The van der Waals surface area contributed by atoms with Gasteiger partial charge in [-0.15, -0.1) is 0 Å². The Labute approximate surface area is 136 Å². The van der Waals surface area contributed by atoms with Crippen LogP contribution in [0.1, 0.15) is 5.69 Å². The largest absolute Gasteiger partial charge is 0.312 e. The topological polar surface area (TPSA) is 52.7 Å². The van der Waals surface area contributed by atoms with E-state index in [1.807, 2.05) is 25.1 Å². The van der Waals surface area contributed by atoms with Gasteiger partial charge >= 0.3 is 0 Å². The van der Waals surface area contributed by atoms with Crippen LogP contribution in [0.15, 0.2) is 41.3 Å². The number of hydrogen-bond donors (Lipinski definition) is 0. The number of aromatic nitrogens is 4. The summed E-state index contributed by atoms with van der Waals surface area (Å²) in [4.78, 5) is 16.5. The highest BCUT2D eigenvalue weighted by molar-refractivity contribution is 6.30. The van der Waals surface area contributed by atoms with Crippen LogP contribution >= 0.6 is 23.2 Å². The molecule has 0 fully saturated rings. The lowest BCUT2D eigenvalue weighted by Crippen LogP contribution is -2.24. The van der Waals surface area contributed by atoms with Gasteiger partial charge in [0.15, 0.2) is 0 Å². The van der Waals surface area contributed by atoms with Gasteiger partial charge in [-0.05, 0) is 25.1 Å². The molecule has 0 spiro atoms. The minimum Gasteiger partial charge on any atom is -0.312 e. The quantitative estimate of drug-likeness (QED) is 0.722. The molecule has 0 unspecified atom stereocenters. The lowest BCUT2D eigenvalue weighted by molar-refractivity contribution is 0.765. The molecule has 1 aromatic carbocycles. The Morgan fingerprint density at radius 2 is 1.82 bits per heavy atom. The van der Waals surface area contributed by atoms with E-state index in [1.165, 1.54) is 15.4 Å². The fraction of sp³-hybridized carbons (Fsp3) is 0.133. The average molecular weight is 335 g/mol. The van der Waals surface area contributed by atoms with Gasteiger partial charge in [-0.25, -0.2) is 9.67 Å². The van der Waals surface area contributed by atoms with Gasteiger partial charge in [0.2, 0.25) is 5.82 Å². The van der Waals surface area contributed by atoms with E-state index in [0.29, 0.717) is 5.02 Å². The van der Waals surface area contributed by atoms with Gasteiger partial charge in [0.25, 0.3) is 5.56 Å². The number of rotatable bonds is 2. The molecule has 2 heterocycles. The van der Waals surface area contributed by atoms with Crippen molar-refractivity contribution in [1.29, 1.82) is 0 Å². The number of benzene rings is 1. The Balaban J connectivity index is 2.25. The van der Waals surface area contributed by atoms with Gasteiger partial charge < -0.3 is 4.57 Å². The predicted octanol–water partition coefficient (Wildman–Crippen LogP) is 3.25. The molecule has 0 aliphatic carbocycles. The first-order valence-electron chi connectivity index (χ1n) is 6.52. The van der Waals surface area contributed by atoms with Crippen molar-refractivity contribution < 1.29 is 0 Å². The summed E-state index contributed by atoms with van der Waals surface area (Å²) >= 11 is 11.9. The van der Waals surface area contributed by atoms with Crippen molar-refractivity contribution in [2.75, 3.05) is 0 Å². The number of hydrogen-bond acceptors (Lipinski definition) is 3. The van der Waals surface area contributed by atoms with Crippen LogP contribution in [0, 0.1) is 6.92 Å². The van der Waals surface area contributed by atoms with Gasteiger partial charge in [-0.3, -0.25) is 4.79 Å². The highest BCUT2D eigenvalue weighted by atomic mass is 35.5. The lowest BCUT2D eigenvalue weighted by Gasteiger charge is -2.08. The number of nitrogens with zero attached hydrogens (tertiary/aromatic N) is 4. The molecule has 0 bridgehead atoms. The molecule has 0 amide bonds. The van der Waals surface area contributed by atoms with Crippen molar-refractivity contribution in [1.82, 2.24) is 19.3 Å². The molecular formula is C15H12Cl2N4O. The maximum Gasteiger partial charge on any atom is 0.295 e. The van der Waals surface area contributed by atoms with Crippen molar-refractivity contribution in [2.24, 2.45) is 7.05 Å². The first kappa shape index (κ1) is 14.8. The molecule has 7 heteroatoms. The van der Waals surface area contributed by atoms with Gasteiger partial charge in [0.05, 0.1) is 11.4 Å². The van der Waals surface area contributed by atoms with Crippen molar-refractivity contribution >= 4 is 23.2 Å². The number of aryl methyl sites for hydroxylation is 2. The van der Waals surface area contributed by atoms with Crippen LogP contribution in [0.2, 0.25) is 10.2 Å². The Kier molecular flexibility index (Phi) is 3.76. The minimum absolute atomic E-state index is 0.160. The predicted molar refractivity (Wildman–Crippen MR) is 86.8 cm³/mol. The normalized spacial score (nSPS) is 10.9. The molecule has 3 rings (SSSR count). The Morgan fingerprint density at radius 3 is 2.50 bits per heavy atom. The van der Waals surface area contributed by atoms with Crippen molar-refractivity contribution in [3.8, 4) is 17.1 Å². The molecular weight excluding hydrogens is 323 g/mol. The minimum atomic E-state index is -0.275. The van der Waals surface area contributed by atoms with Crippen LogP contribution in [-0.2, 0) is 7.05 Å². The molecule has 3 aromatic rings. The molecule has 2 aromatic heterocycles. The van der Waals surface area contributed by atoms with E-state index in [4.69, 9.17) is 23.2 Å². The summed E-state index contributed by atoms with van der Waals surface area (Å²) in [5, 5.41) is 5.24. The molecule has 22 heavy (non-hydrogen) atoms. The highest BCUT2D eigenvalue weighted by Crippen LogP contribution is 2.24. The first-order chi connectivity index (χ1) is 10.5. The summed E-state index contributed by atoms with van der Waals surface area (Å²) in [6, 6.07) is 9.18. The summed E-state index contributed by atoms with van der Waals surface area (Å²) in [6.45, 7) is 1.85. The lowest BCUT2D eigenvalue weighted by atomic mass is 10.1. The maximum atomic E-state index is 12.3. The van der Waals surface area contributed by atoms with Crippen LogP contribution in [0.4, 0.5) is 0 Å². The molecule has 0 saturated carbocycles. The SMILES string of the molecule is Cc1cc(-c2ccc(Cl)cc2)n(-c2nc(Cl)cn(C)c2=O)n1. The van der Waals surface area contributed by atoms with Crippen molar-refractivity contribution in [2.45, 2.75) is 6.92 Å². The van der Waals surface area contributed by atoms with Crippen LogP contribution in [-0.4, -0.2) is 19.3 Å². The molecule has 0 radical (unpaired) electrons. The standard InChI is InChI=1S/C15H12Cl2N4O/c1-9-7-12(10-3-5-11(16)6-4-10)21(19-9)14-15(22)20(2)8-13(17)18-14/h3-8H,1-2H3. The van der Waals surface area contributed by atoms with Crippen LogP contribution in [0.25, 0.3) is 17.1 Å². The second-order valence-corrected chi connectivity index (χ2v) is 5.72. The second kappa shape index (κ2) is 5.59. The highest BCUT2D eigenvalue weighted by Gasteiger charge is 2.15. The van der Waals surface area contributed by atoms with E-state index in [2.05, 4.69) is 10.1 Å². The Hall–Kier alpha value is -2.11. The third-order valence-corrected chi connectivity index (χ3v) is 3.63. The summed E-state index contributed by atoms with van der Waals surface area (Å²) < 4.78 is 2.89. The molecule has 0 aliphatic heterocycles. The molecule has 0 aliphatic rings. The number of halogens is 2. The molecule has 0 N–H and O–H groups in total. The van der Waals surface area contributed by atoms with Gasteiger partial charge in [0.1, 0.15) is 5.15 Å². The van der Waals surface area contributed by atoms with E-state index in [1.54, 1.807) is 19.2 Å². The third kappa shape index (κ3) is 2.65. The van der Waals surface area contributed by atoms with E-state index in [9.17, 15) is 4.79 Å². The van der Waals surface area contributed by atoms with Gasteiger partial charge in [-0.1, -0.05) is 35.3 Å². The zero-order chi connectivity index (χ0) is 15.9. The van der Waals surface area contributed by atoms with E-state index >= 15 is 0 Å². The Morgan fingerprint density at radius 1 is 1.14 bits per heavy atom. The van der Waals surface area contributed by atoms with Crippen LogP contribution in [0.5, 0.6) is 0 Å². The third-order valence-electron chi connectivity index (χ3n) is 3.20.